The molecule has 1 aromatic carbocycles. The predicted molar refractivity (Wildman–Crippen MR) is 85.0 cm³/mol. The average molecular weight is 268 g/mol. The van der Waals surface area contributed by atoms with Crippen molar-refractivity contribution in [3.8, 4) is 0 Å². The van der Waals surface area contributed by atoms with Crippen LogP contribution < -0.4 is 5.32 Å². The molecular formula is C18H24N2. The van der Waals surface area contributed by atoms with Gasteiger partial charge in [-0.3, -0.25) is 4.98 Å². The quantitative estimate of drug-likeness (QED) is 0.883. The van der Waals surface area contributed by atoms with Crippen LogP contribution in [-0.2, 0) is 0 Å². The molecule has 0 saturated heterocycles. The molecular weight excluding hydrogens is 244 g/mol. The van der Waals surface area contributed by atoms with Gasteiger partial charge in [0.2, 0.25) is 0 Å². The number of rotatable bonds is 5. The van der Waals surface area contributed by atoms with Crippen molar-refractivity contribution >= 4 is 0 Å². The van der Waals surface area contributed by atoms with Crippen LogP contribution in [0.25, 0.3) is 0 Å². The Morgan fingerprint density at radius 3 is 2.50 bits per heavy atom. The van der Waals surface area contributed by atoms with E-state index in [1.807, 2.05) is 13.0 Å². The molecule has 106 valence electrons. The van der Waals surface area contributed by atoms with Crippen molar-refractivity contribution in [2.45, 2.75) is 40.2 Å². The molecule has 0 aliphatic rings. The molecule has 2 heteroatoms. The van der Waals surface area contributed by atoms with Gasteiger partial charge < -0.3 is 5.32 Å². The van der Waals surface area contributed by atoms with Gasteiger partial charge in [0.25, 0.3) is 0 Å². The largest absolute Gasteiger partial charge is 0.305 e. The van der Waals surface area contributed by atoms with Crippen LogP contribution in [-0.4, -0.2) is 11.5 Å². The Bertz CT molecular complexity index is 575. The summed E-state index contributed by atoms with van der Waals surface area (Å²) in [6, 6.07) is 12.9. The fraction of sp³-hybridized carbons (Fsp3) is 0.389. The first-order valence-corrected chi connectivity index (χ1v) is 7.36. The van der Waals surface area contributed by atoms with Gasteiger partial charge in [0.05, 0.1) is 11.7 Å². The molecule has 2 aromatic rings. The fourth-order valence-corrected chi connectivity index (χ4v) is 2.47. The standard InChI is InChI=1S/C18H24N2/c1-5-12-19-18(17-11-7-9-14(3)20-17)16-10-6-8-13(2)15(16)4/h6-11,18-19H,5,12H2,1-4H3. The first-order chi connectivity index (χ1) is 9.63. The van der Waals surface area contributed by atoms with Gasteiger partial charge in [-0.05, 0) is 62.6 Å². The smallest absolute Gasteiger partial charge is 0.0754 e. The Morgan fingerprint density at radius 2 is 1.80 bits per heavy atom. The van der Waals surface area contributed by atoms with Crippen LogP contribution in [0.4, 0.5) is 0 Å². The molecule has 0 amide bonds. The van der Waals surface area contributed by atoms with Crippen molar-refractivity contribution < 1.29 is 0 Å². The lowest BCUT2D eigenvalue weighted by atomic mass is 9.95. The number of pyridine rings is 1. The molecule has 0 saturated carbocycles. The predicted octanol–water partition coefficient (Wildman–Crippen LogP) is 4.10. The number of aromatic nitrogens is 1. The molecule has 0 bridgehead atoms. The fourth-order valence-electron chi connectivity index (χ4n) is 2.47. The van der Waals surface area contributed by atoms with Crippen molar-refractivity contribution in [2.75, 3.05) is 6.54 Å². The van der Waals surface area contributed by atoms with E-state index in [1.54, 1.807) is 0 Å². The van der Waals surface area contributed by atoms with E-state index < -0.39 is 0 Å². The monoisotopic (exact) mass is 268 g/mol. The Hall–Kier alpha value is -1.67. The molecule has 0 spiro atoms. The van der Waals surface area contributed by atoms with E-state index in [-0.39, 0.29) is 6.04 Å². The van der Waals surface area contributed by atoms with Gasteiger partial charge in [-0.2, -0.15) is 0 Å². The Labute approximate surface area is 122 Å². The van der Waals surface area contributed by atoms with Crippen molar-refractivity contribution in [3.63, 3.8) is 0 Å². The molecule has 1 atom stereocenters. The third-order valence-corrected chi connectivity index (χ3v) is 3.76. The summed E-state index contributed by atoms with van der Waals surface area (Å²) in [5.74, 6) is 0. The number of aryl methyl sites for hydroxylation is 2. The maximum absolute atomic E-state index is 4.71. The minimum absolute atomic E-state index is 0.176. The van der Waals surface area contributed by atoms with E-state index in [9.17, 15) is 0 Å². The number of benzene rings is 1. The lowest BCUT2D eigenvalue weighted by Gasteiger charge is -2.22. The minimum Gasteiger partial charge on any atom is -0.305 e. The summed E-state index contributed by atoms with van der Waals surface area (Å²) in [7, 11) is 0. The second-order valence-electron chi connectivity index (χ2n) is 5.38. The number of nitrogens with one attached hydrogen (secondary N) is 1. The summed E-state index contributed by atoms with van der Waals surface area (Å²) in [4.78, 5) is 4.71. The van der Waals surface area contributed by atoms with Crippen LogP contribution in [0.5, 0.6) is 0 Å². The van der Waals surface area contributed by atoms with Gasteiger partial charge in [0.1, 0.15) is 0 Å². The van der Waals surface area contributed by atoms with E-state index in [0.29, 0.717) is 0 Å². The van der Waals surface area contributed by atoms with Gasteiger partial charge in [-0.1, -0.05) is 31.2 Å². The number of nitrogens with zero attached hydrogens (tertiary/aromatic N) is 1. The molecule has 1 N–H and O–H groups in total. The van der Waals surface area contributed by atoms with Gasteiger partial charge in [-0.15, -0.1) is 0 Å². The second kappa shape index (κ2) is 6.67. The topological polar surface area (TPSA) is 24.9 Å². The van der Waals surface area contributed by atoms with Gasteiger partial charge in [-0.25, -0.2) is 0 Å². The van der Waals surface area contributed by atoms with Crippen LogP contribution in [0.15, 0.2) is 36.4 Å². The lowest BCUT2D eigenvalue weighted by molar-refractivity contribution is 0.583. The summed E-state index contributed by atoms with van der Waals surface area (Å²) in [5.41, 5.74) is 6.18. The Kier molecular flexibility index (Phi) is 4.91. The van der Waals surface area contributed by atoms with Gasteiger partial charge in [0, 0.05) is 5.69 Å². The molecule has 1 unspecified atom stereocenters. The molecule has 0 aliphatic heterocycles. The second-order valence-corrected chi connectivity index (χ2v) is 5.38. The third-order valence-electron chi connectivity index (χ3n) is 3.76. The summed E-state index contributed by atoms with van der Waals surface area (Å²) in [5, 5.41) is 3.63. The normalized spacial score (nSPS) is 12.4. The zero-order valence-corrected chi connectivity index (χ0v) is 12.9. The highest BCUT2D eigenvalue weighted by Gasteiger charge is 2.17. The SMILES string of the molecule is CCCNC(c1cccc(C)n1)c1cccc(C)c1C. The molecule has 1 aromatic heterocycles. The Morgan fingerprint density at radius 1 is 1.05 bits per heavy atom. The maximum Gasteiger partial charge on any atom is 0.0754 e. The summed E-state index contributed by atoms with van der Waals surface area (Å²) in [6.45, 7) is 9.59. The highest BCUT2D eigenvalue weighted by Crippen LogP contribution is 2.25. The maximum atomic E-state index is 4.71. The van der Waals surface area contributed by atoms with Gasteiger partial charge >= 0.3 is 0 Å². The summed E-state index contributed by atoms with van der Waals surface area (Å²) >= 11 is 0. The van der Waals surface area contributed by atoms with Gasteiger partial charge in [0.15, 0.2) is 0 Å². The van der Waals surface area contributed by atoms with Crippen molar-refractivity contribution in [1.82, 2.24) is 10.3 Å². The van der Waals surface area contributed by atoms with Crippen molar-refractivity contribution in [1.29, 1.82) is 0 Å². The van der Waals surface area contributed by atoms with E-state index in [2.05, 4.69) is 56.4 Å². The number of hydrogen-bond donors (Lipinski definition) is 1. The van der Waals surface area contributed by atoms with E-state index in [4.69, 9.17) is 4.98 Å². The summed E-state index contributed by atoms with van der Waals surface area (Å²) < 4.78 is 0. The highest BCUT2D eigenvalue weighted by atomic mass is 14.9. The molecule has 0 radical (unpaired) electrons. The molecule has 1 heterocycles. The van der Waals surface area contributed by atoms with Crippen molar-refractivity contribution in [3.05, 3.63) is 64.5 Å². The van der Waals surface area contributed by atoms with E-state index >= 15 is 0 Å². The highest BCUT2D eigenvalue weighted by molar-refractivity contribution is 5.39. The summed E-state index contributed by atoms with van der Waals surface area (Å²) in [6.07, 6.45) is 1.12. The van der Waals surface area contributed by atoms with E-state index in [0.717, 1.165) is 24.4 Å². The van der Waals surface area contributed by atoms with Crippen LogP contribution in [0.2, 0.25) is 0 Å². The number of hydrogen-bond acceptors (Lipinski definition) is 2. The van der Waals surface area contributed by atoms with Crippen LogP contribution in [0.3, 0.4) is 0 Å². The van der Waals surface area contributed by atoms with Crippen LogP contribution in [0, 0.1) is 20.8 Å². The molecule has 2 nitrogen and oxygen atoms in total. The van der Waals surface area contributed by atoms with Crippen LogP contribution >= 0.6 is 0 Å². The average Bonchev–Trinajstić information content (AvgIpc) is 2.44. The first kappa shape index (κ1) is 14.7. The zero-order chi connectivity index (χ0) is 14.5. The lowest BCUT2D eigenvalue weighted by Crippen LogP contribution is -2.25. The van der Waals surface area contributed by atoms with Crippen LogP contribution in [0.1, 0.15) is 47.5 Å². The minimum atomic E-state index is 0.176. The Balaban J connectivity index is 2.44. The third kappa shape index (κ3) is 3.26. The zero-order valence-electron chi connectivity index (χ0n) is 12.9. The molecule has 20 heavy (non-hydrogen) atoms. The molecule has 2 rings (SSSR count). The van der Waals surface area contributed by atoms with Crippen molar-refractivity contribution in [2.24, 2.45) is 0 Å². The first-order valence-electron chi connectivity index (χ1n) is 7.36. The molecule has 0 fully saturated rings. The molecule has 0 aliphatic carbocycles. The van der Waals surface area contributed by atoms with E-state index in [1.165, 1.54) is 16.7 Å².